The summed E-state index contributed by atoms with van der Waals surface area (Å²) in [7, 11) is 0. The van der Waals surface area contributed by atoms with Gasteiger partial charge in [0.15, 0.2) is 5.76 Å². The van der Waals surface area contributed by atoms with Crippen LogP contribution in [0.1, 0.15) is 29.0 Å². The average molecular weight is 415 g/mol. The molecule has 1 aliphatic heterocycles. The highest BCUT2D eigenvalue weighted by Crippen LogP contribution is 2.34. The predicted molar refractivity (Wildman–Crippen MR) is 111 cm³/mol. The molecule has 7 heteroatoms. The number of piperidine rings is 1. The van der Waals surface area contributed by atoms with E-state index in [-0.39, 0.29) is 17.6 Å². The molecule has 1 fully saturated rings. The van der Waals surface area contributed by atoms with Crippen LogP contribution < -0.4 is 10.6 Å². The molecule has 0 saturated carbocycles. The first-order valence-electron chi connectivity index (χ1n) is 9.10. The molecule has 1 saturated heterocycles. The maximum absolute atomic E-state index is 12.9. The first-order valence-corrected chi connectivity index (χ1v) is 10.5. The Balaban J connectivity index is 1.62. The Morgan fingerprint density at radius 3 is 2.82 bits per heavy atom. The van der Waals surface area contributed by atoms with Crippen LogP contribution in [0.25, 0.3) is 11.0 Å². The number of nitrogens with one attached hydrogen (secondary N) is 2. The van der Waals surface area contributed by atoms with Crippen LogP contribution in [0.3, 0.4) is 0 Å². The maximum Gasteiger partial charge on any atom is 0.288 e. The van der Waals surface area contributed by atoms with Crippen LogP contribution >= 0.6 is 23.4 Å². The van der Waals surface area contributed by atoms with Crippen molar-refractivity contribution in [3.63, 3.8) is 0 Å². The number of thioether (sulfide) groups is 1. The largest absolute Gasteiger partial charge is 0.451 e. The Hall–Kier alpha value is -2.44. The van der Waals surface area contributed by atoms with Crippen LogP contribution in [0.15, 0.2) is 57.8 Å². The van der Waals surface area contributed by atoms with E-state index < -0.39 is 6.04 Å². The van der Waals surface area contributed by atoms with E-state index >= 15 is 0 Å². The van der Waals surface area contributed by atoms with Crippen molar-refractivity contribution < 1.29 is 14.0 Å². The highest BCUT2D eigenvalue weighted by molar-refractivity contribution is 7.98. The van der Waals surface area contributed by atoms with Gasteiger partial charge >= 0.3 is 0 Å². The van der Waals surface area contributed by atoms with Crippen LogP contribution in [-0.2, 0) is 10.5 Å². The minimum atomic E-state index is -0.529. The molecule has 1 aromatic heterocycles. The van der Waals surface area contributed by atoms with Gasteiger partial charge in [0.2, 0.25) is 5.91 Å². The summed E-state index contributed by atoms with van der Waals surface area (Å²) in [6.45, 7) is 0.648. The molecule has 5 nitrogen and oxygen atoms in total. The highest BCUT2D eigenvalue weighted by atomic mass is 35.5. The Morgan fingerprint density at radius 2 is 2.00 bits per heavy atom. The van der Waals surface area contributed by atoms with Gasteiger partial charge in [-0.1, -0.05) is 41.9 Å². The van der Waals surface area contributed by atoms with E-state index in [4.69, 9.17) is 16.0 Å². The molecule has 0 bridgehead atoms. The molecule has 144 valence electrons. The molecule has 1 atom stereocenters. The lowest BCUT2D eigenvalue weighted by Crippen LogP contribution is -2.50. The zero-order valence-electron chi connectivity index (χ0n) is 15.0. The zero-order chi connectivity index (χ0) is 19.5. The summed E-state index contributed by atoms with van der Waals surface area (Å²) in [5, 5.41) is 7.16. The molecule has 0 radical (unpaired) electrons. The van der Waals surface area contributed by atoms with Gasteiger partial charge in [-0.05, 0) is 31.0 Å². The van der Waals surface area contributed by atoms with E-state index in [1.807, 2.05) is 48.5 Å². The third kappa shape index (κ3) is 3.88. The third-order valence-electron chi connectivity index (χ3n) is 4.70. The van der Waals surface area contributed by atoms with Gasteiger partial charge in [0, 0.05) is 28.1 Å². The number of rotatable bonds is 5. The molecular formula is C21H19ClN2O3S. The molecule has 3 aromatic rings. The van der Waals surface area contributed by atoms with E-state index in [9.17, 15) is 9.59 Å². The van der Waals surface area contributed by atoms with Crippen LogP contribution in [0.4, 0.5) is 0 Å². The number of fused-ring (bicyclic) bond motifs is 1. The van der Waals surface area contributed by atoms with Gasteiger partial charge in [0.25, 0.3) is 5.91 Å². The molecule has 1 unspecified atom stereocenters. The van der Waals surface area contributed by atoms with Gasteiger partial charge in [0.05, 0.1) is 5.02 Å². The first-order chi connectivity index (χ1) is 13.6. The molecule has 1 aliphatic rings. The molecule has 2 amide bonds. The van der Waals surface area contributed by atoms with Gasteiger partial charge < -0.3 is 15.1 Å². The van der Waals surface area contributed by atoms with Gasteiger partial charge in [-0.15, -0.1) is 11.8 Å². The Bertz CT molecular complexity index is 1030. The monoisotopic (exact) mass is 414 g/mol. The lowest BCUT2D eigenvalue weighted by Gasteiger charge is -2.22. The van der Waals surface area contributed by atoms with Crippen molar-refractivity contribution in [2.45, 2.75) is 29.5 Å². The van der Waals surface area contributed by atoms with Gasteiger partial charge in [-0.25, -0.2) is 0 Å². The van der Waals surface area contributed by atoms with E-state index in [0.29, 0.717) is 29.3 Å². The van der Waals surface area contributed by atoms with Crippen molar-refractivity contribution in [2.24, 2.45) is 0 Å². The van der Waals surface area contributed by atoms with Crippen molar-refractivity contribution in [3.05, 3.63) is 64.9 Å². The number of amides is 2. The smallest absolute Gasteiger partial charge is 0.288 e. The Morgan fingerprint density at radius 1 is 1.21 bits per heavy atom. The highest BCUT2D eigenvalue weighted by Gasteiger charge is 2.27. The molecule has 2 aromatic carbocycles. The summed E-state index contributed by atoms with van der Waals surface area (Å²) in [6.07, 6.45) is 1.47. The average Bonchev–Trinajstić information content (AvgIpc) is 3.08. The quantitative estimate of drug-likeness (QED) is 0.607. The lowest BCUT2D eigenvalue weighted by molar-refractivity contribution is -0.124. The van der Waals surface area contributed by atoms with Crippen LogP contribution in [0.2, 0.25) is 5.02 Å². The molecule has 0 spiro atoms. The number of furan rings is 1. The molecule has 0 aliphatic carbocycles. The number of carbonyl (C=O) groups is 2. The maximum atomic E-state index is 12.9. The summed E-state index contributed by atoms with van der Waals surface area (Å²) in [5.74, 6) is 0.259. The normalized spacial score (nSPS) is 16.8. The summed E-state index contributed by atoms with van der Waals surface area (Å²) in [4.78, 5) is 25.8. The van der Waals surface area contributed by atoms with Crippen LogP contribution in [0.5, 0.6) is 0 Å². The summed E-state index contributed by atoms with van der Waals surface area (Å²) in [6, 6.07) is 14.6. The van der Waals surface area contributed by atoms with E-state index in [1.54, 1.807) is 11.8 Å². The predicted octanol–water partition coefficient (Wildman–Crippen LogP) is 4.39. The topological polar surface area (TPSA) is 71.3 Å². The summed E-state index contributed by atoms with van der Waals surface area (Å²) >= 11 is 7.81. The van der Waals surface area contributed by atoms with Crippen LogP contribution in [0, 0.1) is 0 Å². The fourth-order valence-corrected chi connectivity index (χ4v) is 4.54. The van der Waals surface area contributed by atoms with Crippen molar-refractivity contribution in [3.8, 4) is 0 Å². The van der Waals surface area contributed by atoms with Gasteiger partial charge in [0.1, 0.15) is 11.6 Å². The Kier molecular flexibility index (Phi) is 5.59. The number of hydrogen-bond acceptors (Lipinski definition) is 4. The summed E-state index contributed by atoms with van der Waals surface area (Å²) < 4.78 is 5.87. The van der Waals surface area contributed by atoms with Gasteiger partial charge in [-0.2, -0.15) is 0 Å². The van der Waals surface area contributed by atoms with Crippen molar-refractivity contribution >= 4 is 46.1 Å². The lowest BCUT2D eigenvalue weighted by atomic mass is 10.1. The number of halogens is 1. The van der Waals surface area contributed by atoms with E-state index in [0.717, 1.165) is 22.3 Å². The number of carbonyl (C=O) groups excluding carboxylic acids is 2. The molecule has 2 heterocycles. The number of benzene rings is 2. The van der Waals surface area contributed by atoms with Crippen molar-refractivity contribution in [2.75, 3.05) is 6.54 Å². The first kappa shape index (κ1) is 18.9. The standard InChI is InChI=1S/C21H19ClN2O3S/c22-15-7-2-4-10-18(15)28-12-14-13-6-1-3-9-17(13)27-19(14)21(26)24-16-8-5-11-23-20(16)25/h1-4,6-7,9-10,16H,5,8,11-12H2,(H,23,25)(H,24,26). The summed E-state index contributed by atoms with van der Waals surface area (Å²) in [5.41, 5.74) is 1.45. The minimum absolute atomic E-state index is 0.150. The van der Waals surface area contributed by atoms with E-state index in [2.05, 4.69) is 10.6 Å². The fourth-order valence-electron chi connectivity index (χ4n) is 3.27. The zero-order valence-corrected chi connectivity index (χ0v) is 16.6. The second-order valence-electron chi connectivity index (χ2n) is 6.58. The molecule has 2 N–H and O–H groups in total. The number of para-hydroxylation sites is 1. The molecule has 28 heavy (non-hydrogen) atoms. The third-order valence-corrected chi connectivity index (χ3v) is 6.25. The SMILES string of the molecule is O=C(NC1CCCNC1=O)c1oc2ccccc2c1CSc1ccccc1Cl. The van der Waals surface area contributed by atoms with Crippen molar-refractivity contribution in [1.29, 1.82) is 0 Å². The second-order valence-corrected chi connectivity index (χ2v) is 8.01. The van der Waals surface area contributed by atoms with Crippen molar-refractivity contribution in [1.82, 2.24) is 10.6 Å². The van der Waals surface area contributed by atoms with Crippen LogP contribution in [-0.4, -0.2) is 24.4 Å². The molecular weight excluding hydrogens is 396 g/mol. The molecule has 4 rings (SSSR count). The second kappa shape index (κ2) is 8.29. The fraction of sp³-hybridized carbons (Fsp3) is 0.238. The van der Waals surface area contributed by atoms with E-state index in [1.165, 1.54) is 0 Å². The number of hydrogen-bond donors (Lipinski definition) is 2. The van der Waals surface area contributed by atoms with Gasteiger partial charge in [-0.3, -0.25) is 9.59 Å². The minimum Gasteiger partial charge on any atom is -0.451 e. The Labute approximate surface area is 171 Å².